The number of nitrogen functional groups attached to an aromatic ring is 1. The molecule has 0 radical (unpaired) electrons. The Morgan fingerprint density at radius 2 is 2.24 bits per heavy atom. The van der Waals surface area contributed by atoms with E-state index in [0.29, 0.717) is 23.8 Å². The number of rotatable bonds is 6. The number of carboxylic acid groups (broad SMARTS) is 1. The van der Waals surface area contributed by atoms with Gasteiger partial charge in [0.15, 0.2) is 0 Å². The number of aliphatic carboxylic acids is 1. The van der Waals surface area contributed by atoms with Crippen LogP contribution in [0.15, 0.2) is 29.8 Å². The zero-order valence-corrected chi connectivity index (χ0v) is 14.8. The van der Waals surface area contributed by atoms with Gasteiger partial charge in [-0.25, -0.2) is 9.97 Å². The first-order valence-corrected chi connectivity index (χ1v) is 8.82. The molecule has 3 aromatic rings. The van der Waals surface area contributed by atoms with Gasteiger partial charge in [-0.05, 0) is 47.9 Å². The van der Waals surface area contributed by atoms with Gasteiger partial charge in [0.25, 0.3) is 0 Å². The summed E-state index contributed by atoms with van der Waals surface area (Å²) in [5.41, 5.74) is 7.46. The average Bonchev–Trinajstić information content (AvgIpc) is 2.97. The lowest BCUT2D eigenvalue weighted by atomic mass is 9.96. The summed E-state index contributed by atoms with van der Waals surface area (Å²) in [6.45, 7) is 3.94. The molecule has 1 aromatic carbocycles. The highest BCUT2D eigenvalue weighted by atomic mass is 32.1. The van der Waals surface area contributed by atoms with Crippen LogP contribution in [0.2, 0.25) is 0 Å². The van der Waals surface area contributed by atoms with Crippen LogP contribution in [-0.2, 0) is 11.4 Å². The van der Waals surface area contributed by atoms with Crippen molar-refractivity contribution >= 4 is 33.2 Å². The molecular weight excluding hydrogens is 338 g/mol. The van der Waals surface area contributed by atoms with Crippen molar-refractivity contribution in [3.05, 3.63) is 46.7 Å². The number of ether oxygens (including phenoxy) is 1. The fourth-order valence-electron chi connectivity index (χ4n) is 2.70. The third-order valence-electron chi connectivity index (χ3n) is 4.07. The SMILES string of the molecule is CCC(C(=O)O)c1csc2cc(OCc3cnc(C)nc3N)ccc12. The first-order chi connectivity index (χ1) is 12.0. The molecule has 0 amide bonds. The molecule has 0 saturated carbocycles. The molecule has 0 spiro atoms. The minimum absolute atomic E-state index is 0.280. The maximum atomic E-state index is 11.4. The number of hydrogen-bond donors (Lipinski definition) is 2. The topological polar surface area (TPSA) is 98.3 Å². The van der Waals surface area contributed by atoms with E-state index < -0.39 is 11.9 Å². The molecule has 0 saturated heterocycles. The van der Waals surface area contributed by atoms with E-state index >= 15 is 0 Å². The monoisotopic (exact) mass is 357 g/mol. The van der Waals surface area contributed by atoms with Crippen LogP contribution < -0.4 is 10.5 Å². The Balaban J connectivity index is 1.81. The molecule has 0 fully saturated rings. The highest BCUT2D eigenvalue weighted by Crippen LogP contribution is 2.35. The van der Waals surface area contributed by atoms with E-state index in [9.17, 15) is 9.90 Å². The number of fused-ring (bicyclic) bond motifs is 1. The van der Waals surface area contributed by atoms with E-state index in [1.165, 1.54) is 11.3 Å². The van der Waals surface area contributed by atoms with Crippen molar-refractivity contribution in [3.8, 4) is 5.75 Å². The summed E-state index contributed by atoms with van der Waals surface area (Å²) in [6.07, 6.45) is 2.23. The van der Waals surface area contributed by atoms with Gasteiger partial charge in [0.1, 0.15) is 24.0 Å². The summed E-state index contributed by atoms with van der Waals surface area (Å²) < 4.78 is 6.80. The van der Waals surface area contributed by atoms with Crippen LogP contribution in [0.3, 0.4) is 0 Å². The van der Waals surface area contributed by atoms with Gasteiger partial charge in [-0.2, -0.15) is 0 Å². The van der Waals surface area contributed by atoms with E-state index in [1.54, 1.807) is 13.1 Å². The van der Waals surface area contributed by atoms with Gasteiger partial charge in [0.05, 0.1) is 5.92 Å². The van der Waals surface area contributed by atoms with Crippen LogP contribution in [-0.4, -0.2) is 21.0 Å². The predicted molar refractivity (Wildman–Crippen MR) is 98.0 cm³/mol. The van der Waals surface area contributed by atoms with Crippen LogP contribution in [0.4, 0.5) is 5.82 Å². The first-order valence-electron chi connectivity index (χ1n) is 7.94. The zero-order valence-electron chi connectivity index (χ0n) is 14.0. The lowest BCUT2D eigenvalue weighted by Gasteiger charge is -2.10. The number of aryl methyl sites for hydroxylation is 1. The molecule has 3 N–H and O–H groups in total. The fraction of sp³-hybridized carbons (Fsp3) is 0.278. The second-order valence-electron chi connectivity index (χ2n) is 5.76. The number of nitrogens with zero attached hydrogens (tertiary/aromatic N) is 2. The lowest BCUT2D eigenvalue weighted by Crippen LogP contribution is -2.09. The largest absolute Gasteiger partial charge is 0.489 e. The second-order valence-corrected chi connectivity index (χ2v) is 6.68. The van der Waals surface area contributed by atoms with E-state index in [2.05, 4.69) is 9.97 Å². The molecule has 0 aliphatic heterocycles. The van der Waals surface area contributed by atoms with E-state index in [-0.39, 0.29) is 6.61 Å². The van der Waals surface area contributed by atoms with Gasteiger partial charge in [-0.15, -0.1) is 11.3 Å². The first kappa shape index (κ1) is 17.2. The Hall–Kier alpha value is -2.67. The summed E-state index contributed by atoms with van der Waals surface area (Å²) >= 11 is 1.52. The van der Waals surface area contributed by atoms with Crippen molar-refractivity contribution in [2.45, 2.75) is 32.8 Å². The van der Waals surface area contributed by atoms with Crippen molar-refractivity contribution in [2.24, 2.45) is 0 Å². The molecular formula is C18H19N3O3S. The summed E-state index contributed by atoms with van der Waals surface area (Å²) in [7, 11) is 0. The number of carbonyl (C=O) groups is 1. The van der Waals surface area contributed by atoms with Crippen molar-refractivity contribution in [1.29, 1.82) is 0 Å². The molecule has 0 aliphatic carbocycles. The number of aromatic nitrogens is 2. The van der Waals surface area contributed by atoms with Gasteiger partial charge >= 0.3 is 5.97 Å². The van der Waals surface area contributed by atoms with Crippen LogP contribution in [0.5, 0.6) is 5.75 Å². The van der Waals surface area contributed by atoms with Gasteiger partial charge in [0.2, 0.25) is 0 Å². The zero-order chi connectivity index (χ0) is 18.0. The highest BCUT2D eigenvalue weighted by Gasteiger charge is 2.21. The molecule has 1 atom stereocenters. The molecule has 1 unspecified atom stereocenters. The predicted octanol–water partition coefficient (Wildman–Crippen LogP) is 3.74. The van der Waals surface area contributed by atoms with Crippen LogP contribution in [0.25, 0.3) is 10.1 Å². The molecule has 0 aliphatic rings. The smallest absolute Gasteiger partial charge is 0.311 e. The number of carboxylic acids is 1. The summed E-state index contributed by atoms with van der Waals surface area (Å²) in [5.74, 6) is 0.462. The molecule has 7 heteroatoms. The number of hydrogen-bond acceptors (Lipinski definition) is 6. The fourth-order valence-corrected chi connectivity index (χ4v) is 3.74. The molecule has 3 rings (SSSR count). The third kappa shape index (κ3) is 3.56. The number of nitrogens with two attached hydrogens (primary N) is 1. The van der Waals surface area contributed by atoms with Gasteiger partial charge in [-0.1, -0.05) is 6.92 Å². The minimum atomic E-state index is -0.794. The normalized spacial score (nSPS) is 12.2. The Labute approximate surface area is 149 Å². The summed E-state index contributed by atoms with van der Waals surface area (Å²) in [4.78, 5) is 19.7. The van der Waals surface area contributed by atoms with Crippen molar-refractivity contribution in [1.82, 2.24) is 9.97 Å². The van der Waals surface area contributed by atoms with E-state index in [1.807, 2.05) is 30.5 Å². The Morgan fingerprint density at radius 1 is 1.44 bits per heavy atom. The van der Waals surface area contributed by atoms with E-state index in [0.717, 1.165) is 21.2 Å². The minimum Gasteiger partial charge on any atom is -0.489 e. The quantitative estimate of drug-likeness (QED) is 0.697. The van der Waals surface area contributed by atoms with Crippen LogP contribution in [0.1, 0.15) is 36.2 Å². The Bertz CT molecular complexity index is 923. The van der Waals surface area contributed by atoms with Crippen LogP contribution >= 0.6 is 11.3 Å². The van der Waals surface area contributed by atoms with Crippen molar-refractivity contribution < 1.29 is 14.6 Å². The van der Waals surface area contributed by atoms with Crippen molar-refractivity contribution in [2.75, 3.05) is 5.73 Å². The van der Waals surface area contributed by atoms with Crippen molar-refractivity contribution in [3.63, 3.8) is 0 Å². The number of benzene rings is 1. The third-order valence-corrected chi connectivity index (χ3v) is 5.04. The molecule has 6 nitrogen and oxygen atoms in total. The summed E-state index contributed by atoms with van der Waals surface area (Å²) in [6, 6.07) is 5.68. The number of anilines is 1. The standard InChI is InChI=1S/C18H19N3O3S/c1-3-13(18(22)23)15-9-25-16-6-12(4-5-14(15)16)24-8-11-7-20-10(2)21-17(11)19/h4-7,9,13H,3,8H2,1-2H3,(H,22,23)(H2,19,20,21). The van der Waals surface area contributed by atoms with Gasteiger partial charge < -0.3 is 15.6 Å². The van der Waals surface area contributed by atoms with Crippen LogP contribution in [0, 0.1) is 6.92 Å². The highest BCUT2D eigenvalue weighted by molar-refractivity contribution is 7.17. The molecule has 25 heavy (non-hydrogen) atoms. The molecule has 0 bridgehead atoms. The Kier molecular flexibility index (Phi) is 4.85. The Morgan fingerprint density at radius 3 is 2.92 bits per heavy atom. The van der Waals surface area contributed by atoms with Gasteiger partial charge in [-0.3, -0.25) is 4.79 Å². The molecule has 2 heterocycles. The maximum Gasteiger partial charge on any atom is 0.311 e. The lowest BCUT2D eigenvalue weighted by molar-refractivity contribution is -0.138. The number of thiophene rings is 1. The molecule has 2 aromatic heterocycles. The second kappa shape index (κ2) is 7.06. The van der Waals surface area contributed by atoms with Gasteiger partial charge in [0, 0.05) is 16.5 Å². The van der Waals surface area contributed by atoms with E-state index in [4.69, 9.17) is 10.5 Å². The molecule has 130 valence electrons. The maximum absolute atomic E-state index is 11.4. The average molecular weight is 357 g/mol. The summed E-state index contributed by atoms with van der Waals surface area (Å²) in [5, 5.41) is 12.3.